The summed E-state index contributed by atoms with van der Waals surface area (Å²) in [4.78, 5) is 9.29. The number of hydrogen-bond acceptors (Lipinski definition) is 2. The number of halogens is 1. The second kappa shape index (κ2) is 1.95. The molecule has 0 N–H and O–H groups in total. The van der Waals surface area contributed by atoms with Gasteiger partial charge in [-0.15, -0.1) is 0 Å². The molecule has 2 rings (SSSR count). The Bertz CT molecular complexity index is 260. The third-order valence-electron chi connectivity index (χ3n) is 1.39. The van der Waals surface area contributed by atoms with Gasteiger partial charge in [0.2, 0.25) is 0 Å². The van der Waals surface area contributed by atoms with E-state index >= 15 is 0 Å². The lowest BCUT2D eigenvalue weighted by Gasteiger charge is -1.91. The molecule has 0 spiro atoms. The maximum absolute atomic E-state index is 12.5. The van der Waals surface area contributed by atoms with Gasteiger partial charge in [0.15, 0.2) is 5.75 Å². The quantitative estimate of drug-likeness (QED) is 0.510. The van der Waals surface area contributed by atoms with Crippen LogP contribution in [0.1, 0.15) is 5.56 Å². The molecule has 1 aliphatic heterocycles. The van der Waals surface area contributed by atoms with E-state index < -0.39 is 0 Å². The molecule has 2 nitrogen and oxygen atoms in total. The van der Waals surface area contributed by atoms with Gasteiger partial charge in [0.1, 0.15) is 12.4 Å². The molecule has 0 radical (unpaired) electrons. The molecule has 3 heteroatoms. The van der Waals surface area contributed by atoms with E-state index in [-0.39, 0.29) is 5.82 Å². The average molecular weight is 140 g/mol. The predicted octanol–water partition coefficient (Wildman–Crippen LogP) is 1.65. The van der Waals surface area contributed by atoms with Crippen molar-refractivity contribution in [2.24, 2.45) is 0 Å². The summed E-state index contributed by atoms with van der Waals surface area (Å²) in [5.41, 5.74) is 0.764. The minimum atomic E-state index is -0.257. The summed E-state index contributed by atoms with van der Waals surface area (Å²) in [6, 6.07) is 4.30. The van der Waals surface area contributed by atoms with Gasteiger partial charge in [-0.2, -0.15) is 4.89 Å². The molecule has 1 aromatic rings. The van der Waals surface area contributed by atoms with Crippen LogP contribution in [-0.4, -0.2) is 0 Å². The van der Waals surface area contributed by atoms with Crippen LogP contribution in [0.5, 0.6) is 5.75 Å². The van der Waals surface area contributed by atoms with Crippen LogP contribution in [-0.2, 0) is 11.5 Å². The molecule has 0 atom stereocenters. The Morgan fingerprint density at radius 3 is 3.20 bits per heavy atom. The van der Waals surface area contributed by atoms with Crippen LogP contribution in [0.25, 0.3) is 0 Å². The van der Waals surface area contributed by atoms with Crippen LogP contribution >= 0.6 is 0 Å². The van der Waals surface area contributed by atoms with Crippen molar-refractivity contribution < 1.29 is 14.2 Å². The monoisotopic (exact) mass is 140 g/mol. The highest BCUT2D eigenvalue weighted by molar-refractivity contribution is 5.34. The fraction of sp³-hybridized carbons (Fsp3) is 0.143. The molecule has 1 aliphatic rings. The summed E-state index contributed by atoms with van der Waals surface area (Å²) in [5, 5.41) is 0. The summed E-state index contributed by atoms with van der Waals surface area (Å²) in [6.45, 7) is 0.340. The van der Waals surface area contributed by atoms with Gasteiger partial charge in [-0.1, -0.05) is 0 Å². The first-order valence-electron chi connectivity index (χ1n) is 2.94. The zero-order chi connectivity index (χ0) is 6.97. The predicted molar refractivity (Wildman–Crippen MR) is 31.8 cm³/mol. The molecule has 0 bridgehead atoms. The standard InChI is InChI=1S/C7H5FO2/c8-6-1-2-7-5(3-6)4-9-10-7/h1-3H,4H2. The van der Waals surface area contributed by atoms with Crippen molar-refractivity contribution in [3.8, 4) is 5.75 Å². The maximum Gasteiger partial charge on any atom is 0.171 e. The van der Waals surface area contributed by atoms with Crippen molar-refractivity contribution in [1.29, 1.82) is 0 Å². The van der Waals surface area contributed by atoms with Crippen molar-refractivity contribution in [3.63, 3.8) is 0 Å². The SMILES string of the molecule is Fc1ccc2c(c1)COO2. The van der Waals surface area contributed by atoms with Crippen LogP contribution in [0.3, 0.4) is 0 Å². The smallest absolute Gasteiger partial charge is 0.171 e. The van der Waals surface area contributed by atoms with Crippen LogP contribution < -0.4 is 4.89 Å². The van der Waals surface area contributed by atoms with Gasteiger partial charge in [-0.25, -0.2) is 4.39 Å². The molecule has 0 saturated heterocycles. The van der Waals surface area contributed by atoms with E-state index in [1.165, 1.54) is 12.1 Å². The Hall–Kier alpha value is -1.09. The van der Waals surface area contributed by atoms with E-state index in [0.717, 1.165) is 5.56 Å². The second-order valence-electron chi connectivity index (χ2n) is 2.10. The van der Waals surface area contributed by atoms with Gasteiger partial charge in [-0.05, 0) is 18.2 Å². The minimum Gasteiger partial charge on any atom is -0.337 e. The van der Waals surface area contributed by atoms with Crippen LogP contribution in [0.4, 0.5) is 4.39 Å². The molecule has 0 saturated carbocycles. The van der Waals surface area contributed by atoms with E-state index in [2.05, 4.69) is 9.78 Å². The fourth-order valence-corrected chi connectivity index (χ4v) is 0.899. The minimum absolute atomic E-state index is 0.257. The first-order chi connectivity index (χ1) is 4.86. The Labute approximate surface area is 57.1 Å². The van der Waals surface area contributed by atoms with Gasteiger partial charge in [0.25, 0.3) is 0 Å². The molecule has 0 aromatic heterocycles. The topological polar surface area (TPSA) is 18.5 Å². The van der Waals surface area contributed by atoms with Crippen molar-refractivity contribution >= 4 is 0 Å². The molecule has 1 heterocycles. The third-order valence-corrected chi connectivity index (χ3v) is 1.39. The van der Waals surface area contributed by atoms with Gasteiger partial charge in [0.05, 0.1) is 0 Å². The Morgan fingerprint density at radius 1 is 1.40 bits per heavy atom. The highest BCUT2D eigenvalue weighted by Gasteiger charge is 2.13. The van der Waals surface area contributed by atoms with Crippen molar-refractivity contribution in [3.05, 3.63) is 29.6 Å². The molecular formula is C7H5FO2. The summed E-state index contributed by atoms with van der Waals surface area (Å²) in [7, 11) is 0. The first-order valence-corrected chi connectivity index (χ1v) is 2.94. The number of benzene rings is 1. The number of fused-ring (bicyclic) bond motifs is 1. The molecule has 1 aromatic carbocycles. The van der Waals surface area contributed by atoms with Crippen molar-refractivity contribution in [2.75, 3.05) is 0 Å². The van der Waals surface area contributed by atoms with Crippen LogP contribution in [0.15, 0.2) is 18.2 Å². The first kappa shape index (κ1) is 5.68. The van der Waals surface area contributed by atoms with Gasteiger partial charge in [-0.3, -0.25) is 0 Å². The molecule has 10 heavy (non-hydrogen) atoms. The lowest BCUT2D eigenvalue weighted by molar-refractivity contribution is -0.194. The summed E-state index contributed by atoms with van der Waals surface area (Å²) in [5.74, 6) is 0.356. The van der Waals surface area contributed by atoms with Crippen LogP contribution in [0.2, 0.25) is 0 Å². The molecule has 0 amide bonds. The summed E-state index contributed by atoms with van der Waals surface area (Å²) in [6.07, 6.45) is 0. The van der Waals surface area contributed by atoms with Gasteiger partial charge in [0, 0.05) is 5.56 Å². The largest absolute Gasteiger partial charge is 0.337 e. The normalized spacial score (nSPS) is 14.5. The number of hydrogen-bond donors (Lipinski definition) is 0. The molecular weight excluding hydrogens is 135 g/mol. The Morgan fingerprint density at radius 2 is 2.30 bits per heavy atom. The average Bonchev–Trinajstić information content (AvgIpc) is 2.33. The van der Waals surface area contributed by atoms with Gasteiger partial charge < -0.3 is 4.89 Å². The summed E-state index contributed by atoms with van der Waals surface area (Å²) < 4.78 is 12.5. The lowest BCUT2D eigenvalue weighted by Crippen LogP contribution is -1.80. The van der Waals surface area contributed by atoms with Crippen LogP contribution in [0, 0.1) is 5.82 Å². The molecule has 0 unspecified atom stereocenters. The zero-order valence-corrected chi connectivity index (χ0v) is 5.13. The van der Waals surface area contributed by atoms with Crippen molar-refractivity contribution in [2.45, 2.75) is 6.61 Å². The van der Waals surface area contributed by atoms with E-state index in [9.17, 15) is 4.39 Å². The van der Waals surface area contributed by atoms with E-state index in [1.807, 2.05) is 0 Å². The lowest BCUT2D eigenvalue weighted by atomic mass is 10.2. The molecule has 0 fully saturated rings. The highest BCUT2D eigenvalue weighted by atomic mass is 19.1. The second-order valence-corrected chi connectivity index (χ2v) is 2.10. The van der Waals surface area contributed by atoms with E-state index in [0.29, 0.717) is 12.4 Å². The zero-order valence-electron chi connectivity index (χ0n) is 5.13. The van der Waals surface area contributed by atoms with E-state index in [1.54, 1.807) is 6.07 Å². The highest BCUT2D eigenvalue weighted by Crippen LogP contribution is 2.25. The third kappa shape index (κ3) is 0.752. The van der Waals surface area contributed by atoms with E-state index in [4.69, 9.17) is 0 Å². The van der Waals surface area contributed by atoms with Gasteiger partial charge >= 0.3 is 0 Å². The Kier molecular flexibility index (Phi) is 1.11. The number of rotatable bonds is 0. The molecule has 0 aliphatic carbocycles. The summed E-state index contributed by atoms with van der Waals surface area (Å²) >= 11 is 0. The Balaban J connectivity index is 2.52. The molecule has 52 valence electrons. The maximum atomic E-state index is 12.5. The fourth-order valence-electron chi connectivity index (χ4n) is 0.899. The van der Waals surface area contributed by atoms with Crippen molar-refractivity contribution in [1.82, 2.24) is 0 Å².